The minimum atomic E-state index is 0.376. The SMILES string of the molecule is CCc1nn2c(c1C)NCCC2c1ccccc1. The summed E-state index contributed by atoms with van der Waals surface area (Å²) in [5.74, 6) is 1.20. The van der Waals surface area contributed by atoms with Crippen molar-refractivity contribution in [1.29, 1.82) is 0 Å². The summed E-state index contributed by atoms with van der Waals surface area (Å²) in [6, 6.07) is 11.0. The van der Waals surface area contributed by atoms with Crippen LogP contribution in [-0.2, 0) is 6.42 Å². The minimum Gasteiger partial charge on any atom is -0.370 e. The Morgan fingerprint density at radius 2 is 2.11 bits per heavy atom. The molecule has 0 saturated heterocycles. The van der Waals surface area contributed by atoms with Crippen molar-refractivity contribution < 1.29 is 0 Å². The van der Waals surface area contributed by atoms with Crippen molar-refractivity contribution in [3.63, 3.8) is 0 Å². The molecule has 0 radical (unpaired) electrons. The molecule has 1 unspecified atom stereocenters. The highest BCUT2D eigenvalue weighted by atomic mass is 15.4. The first-order valence-corrected chi connectivity index (χ1v) is 6.68. The summed E-state index contributed by atoms with van der Waals surface area (Å²) >= 11 is 0. The highest BCUT2D eigenvalue weighted by Gasteiger charge is 2.24. The Kier molecular flexibility index (Phi) is 2.82. The topological polar surface area (TPSA) is 29.9 Å². The first kappa shape index (κ1) is 11.3. The third kappa shape index (κ3) is 1.70. The molecule has 1 N–H and O–H groups in total. The maximum Gasteiger partial charge on any atom is 0.128 e. The number of hydrogen-bond acceptors (Lipinski definition) is 2. The lowest BCUT2D eigenvalue weighted by Crippen LogP contribution is -2.24. The van der Waals surface area contributed by atoms with Crippen LogP contribution in [0.2, 0.25) is 0 Å². The van der Waals surface area contributed by atoms with Gasteiger partial charge in [0.15, 0.2) is 0 Å². The maximum absolute atomic E-state index is 4.78. The number of aromatic nitrogens is 2. The van der Waals surface area contributed by atoms with E-state index in [2.05, 4.69) is 54.2 Å². The molecule has 0 spiro atoms. The van der Waals surface area contributed by atoms with Crippen molar-refractivity contribution in [3.8, 4) is 0 Å². The van der Waals surface area contributed by atoms with Crippen LogP contribution in [0.4, 0.5) is 5.82 Å². The smallest absolute Gasteiger partial charge is 0.128 e. The molecule has 3 rings (SSSR count). The van der Waals surface area contributed by atoms with Gasteiger partial charge in [-0.1, -0.05) is 37.3 Å². The predicted octanol–water partition coefficient (Wildman–Crippen LogP) is 3.16. The number of rotatable bonds is 2. The first-order chi connectivity index (χ1) is 8.81. The van der Waals surface area contributed by atoms with Crippen molar-refractivity contribution in [2.24, 2.45) is 0 Å². The van der Waals surface area contributed by atoms with Crippen LogP contribution in [-0.4, -0.2) is 16.3 Å². The lowest BCUT2D eigenvalue weighted by molar-refractivity contribution is 0.478. The van der Waals surface area contributed by atoms with Gasteiger partial charge in [0, 0.05) is 12.1 Å². The van der Waals surface area contributed by atoms with Crippen LogP contribution < -0.4 is 5.32 Å². The minimum absolute atomic E-state index is 0.376. The van der Waals surface area contributed by atoms with Crippen molar-refractivity contribution in [1.82, 2.24) is 9.78 Å². The molecular formula is C15H19N3. The molecule has 2 aromatic rings. The summed E-state index contributed by atoms with van der Waals surface area (Å²) in [7, 11) is 0. The summed E-state index contributed by atoms with van der Waals surface area (Å²) in [5, 5.41) is 8.27. The third-order valence-electron chi connectivity index (χ3n) is 3.77. The predicted molar refractivity (Wildman–Crippen MR) is 74.0 cm³/mol. The number of nitrogens with one attached hydrogen (secondary N) is 1. The van der Waals surface area contributed by atoms with Gasteiger partial charge in [-0.15, -0.1) is 0 Å². The Labute approximate surface area is 108 Å². The summed E-state index contributed by atoms with van der Waals surface area (Å²) in [5.41, 5.74) is 3.86. The van der Waals surface area contributed by atoms with E-state index in [0.717, 1.165) is 19.4 Å². The maximum atomic E-state index is 4.78. The molecule has 0 saturated carbocycles. The van der Waals surface area contributed by atoms with Gasteiger partial charge in [0.2, 0.25) is 0 Å². The summed E-state index contributed by atoms with van der Waals surface area (Å²) in [6.45, 7) is 5.35. The van der Waals surface area contributed by atoms with E-state index in [1.54, 1.807) is 0 Å². The van der Waals surface area contributed by atoms with E-state index < -0.39 is 0 Å². The largest absolute Gasteiger partial charge is 0.370 e. The van der Waals surface area contributed by atoms with Gasteiger partial charge in [-0.3, -0.25) is 0 Å². The molecule has 94 valence electrons. The van der Waals surface area contributed by atoms with Crippen LogP contribution >= 0.6 is 0 Å². The zero-order valence-corrected chi connectivity index (χ0v) is 11.0. The first-order valence-electron chi connectivity index (χ1n) is 6.68. The van der Waals surface area contributed by atoms with Crippen molar-refractivity contribution in [2.75, 3.05) is 11.9 Å². The summed E-state index contributed by atoms with van der Waals surface area (Å²) < 4.78 is 2.17. The van der Waals surface area contributed by atoms with Gasteiger partial charge in [0.25, 0.3) is 0 Å². The average molecular weight is 241 g/mol. The lowest BCUT2D eigenvalue weighted by Gasteiger charge is -2.26. The molecule has 1 aromatic heterocycles. The van der Waals surface area contributed by atoms with Gasteiger partial charge in [0.1, 0.15) is 5.82 Å². The Hall–Kier alpha value is -1.77. The van der Waals surface area contributed by atoms with Crippen LogP contribution in [0.25, 0.3) is 0 Å². The van der Waals surface area contributed by atoms with Crippen molar-refractivity contribution in [3.05, 3.63) is 47.2 Å². The molecule has 1 aliphatic rings. The number of fused-ring (bicyclic) bond motifs is 1. The summed E-state index contributed by atoms with van der Waals surface area (Å²) in [6.07, 6.45) is 2.09. The Morgan fingerprint density at radius 1 is 1.33 bits per heavy atom. The molecule has 1 aromatic carbocycles. The van der Waals surface area contributed by atoms with Crippen molar-refractivity contribution >= 4 is 5.82 Å². The number of aryl methyl sites for hydroxylation is 1. The molecule has 0 fully saturated rings. The van der Waals surface area contributed by atoms with E-state index in [-0.39, 0.29) is 0 Å². The molecule has 18 heavy (non-hydrogen) atoms. The van der Waals surface area contributed by atoms with Crippen LogP contribution in [0, 0.1) is 6.92 Å². The molecule has 0 aliphatic carbocycles. The monoisotopic (exact) mass is 241 g/mol. The van der Waals surface area contributed by atoms with Crippen LogP contribution in [0.3, 0.4) is 0 Å². The fourth-order valence-corrected chi connectivity index (χ4v) is 2.77. The van der Waals surface area contributed by atoms with Crippen LogP contribution in [0.15, 0.2) is 30.3 Å². The molecule has 3 heteroatoms. The number of benzene rings is 1. The standard InChI is InChI=1S/C15H19N3/c1-3-13-11(2)15-16-10-9-14(18(15)17-13)12-7-5-4-6-8-12/h4-8,14,16H,3,9-10H2,1-2H3. The normalized spacial score (nSPS) is 18.2. The van der Waals surface area contributed by atoms with Gasteiger partial charge in [-0.25, -0.2) is 4.68 Å². The number of anilines is 1. The average Bonchev–Trinajstić information content (AvgIpc) is 2.77. The zero-order valence-electron chi connectivity index (χ0n) is 11.0. The van der Waals surface area contributed by atoms with Gasteiger partial charge in [-0.05, 0) is 25.3 Å². The quantitative estimate of drug-likeness (QED) is 0.875. The Morgan fingerprint density at radius 3 is 2.83 bits per heavy atom. The van der Waals surface area contributed by atoms with E-state index in [0.29, 0.717) is 6.04 Å². The fourth-order valence-electron chi connectivity index (χ4n) is 2.77. The Balaban J connectivity index is 2.07. The number of nitrogens with zero attached hydrogens (tertiary/aromatic N) is 2. The molecule has 0 amide bonds. The van der Waals surface area contributed by atoms with E-state index in [1.807, 2.05) is 0 Å². The molecule has 2 heterocycles. The van der Waals surface area contributed by atoms with Gasteiger partial charge >= 0.3 is 0 Å². The molecular weight excluding hydrogens is 222 g/mol. The highest BCUT2D eigenvalue weighted by molar-refractivity contribution is 5.49. The van der Waals surface area contributed by atoms with Crippen LogP contribution in [0.1, 0.15) is 36.2 Å². The molecule has 0 bridgehead atoms. The third-order valence-corrected chi connectivity index (χ3v) is 3.77. The van der Waals surface area contributed by atoms with Crippen molar-refractivity contribution in [2.45, 2.75) is 32.7 Å². The van der Waals surface area contributed by atoms with E-state index in [1.165, 1.54) is 22.6 Å². The van der Waals surface area contributed by atoms with Crippen LogP contribution in [0.5, 0.6) is 0 Å². The van der Waals surface area contributed by atoms with E-state index in [4.69, 9.17) is 5.10 Å². The highest BCUT2D eigenvalue weighted by Crippen LogP contribution is 2.32. The molecule has 1 atom stereocenters. The second-order valence-electron chi connectivity index (χ2n) is 4.86. The Bertz CT molecular complexity index is 542. The van der Waals surface area contributed by atoms with Gasteiger partial charge in [-0.2, -0.15) is 5.10 Å². The van der Waals surface area contributed by atoms with E-state index in [9.17, 15) is 0 Å². The number of hydrogen-bond donors (Lipinski definition) is 1. The van der Waals surface area contributed by atoms with E-state index >= 15 is 0 Å². The fraction of sp³-hybridized carbons (Fsp3) is 0.400. The molecule has 3 nitrogen and oxygen atoms in total. The zero-order chi connectivity index (χ0) is 12.5. The van der Waals surface area contributed by atoms with Gasteiger partial charge in [0.05, 0.1) is 11.7 Å². The lowest BCUT2D eigenvalue weighted by atomic mass is 10.0. The molecule has 1 aliphatic heterocycles. The second kappa shape index (κ2) is 4.48. The van der Waals surface area contributed by atoms with Gasteiger partial charge < -0.3 is 5.32 Å². The second-order valence-corrected chi connectivity index (χ2v) is 4.86. The summed E-state index contributed by atoms with van der Waals surface area (Å²) in [4.78, 5) is 0.